The molecule has 1 aromatic rings. The summed E-state index contributed by atoms with van der Waals surface area (Å²) in [4.78, 5) is 14.9. The predicted molar refractivity (Wildman–Crippen MR) is 73.4 cm³/mol. The van der Waals surface area contributed by atoms with Gasteiger partial charge in [-0.3, -0.25) is 0 Å². The van der Waals surface area contributed by atoms with Crippen molar-refractivity contribution in [3.8, 4) is 0 Å². The number of hydrogen-bond acceptors (Lipinski definition) is 3. The van der Waals surface area contributed by atoms with Crippen LogP contribution in [0.25, 0.3) is 0 Å². The molecule has 0 aliphatic heterocycles. The van der Waals surface area contributed by atoms with Crippen molar-refractivity contribution in [1.82, 2.24) is 4.98 Å². The molecule has 0 spiro atoms. The maximum absolute atomic E-state index is 10.9. The number of nitrogens with zero attached hydrogens (tertiary/aromatic N) is 1. The molecule has 18 heavy (non-hydrogen) atoms. The summed E-state index contributed by atoms with van der Waals surface area (Å²) in [5.74, 6) is 0.0598. The zero-order chi connectivity index (χ0) is 13.7. The van der Waals surface area contributed by atoms with Crippen LogP contribution in [0.1, 0.15) is 44.1 Å². The number of hydrogen-bond donors (Lipinski definition) is 2. The Morgan fingerprint density at radius 3 is 2.72 bits per heavy atom. The van der Waals surface area contributed by atoms with Crippen LogP contribution >= 0.6 is 11.6 Å². The molecular weight excluding hydrogens is 252 g/mol. The molecule has 0 aliphatic carbocycles. The largest absolute Gasteiger partial charge is 0.476 e. The average Bonchev–Trinajstić information content (AvgIpc) is 2.31. The minimum absolute atomic E-state index is 0.114. The highest BCUT2D eigenvalue weighted by Gasteiger charge is 2.13. The number of pyridine rings is 1. The fraction of sp³-hybridized carbons (Fsp3) is 0.538. The van der Waals surface area contributed by atoms with Gasteiger partial charge < -0.3 is 10.4 Å². The van der Waals surface area contributed by atoms with E-state index in [4.69, 9.17) is 16.7 Å². The Bertz CT molecular complexity index is 423. The molecule has 0 amide bonds. The number of halogens is 1. The normalized spacial score (nSPS) is 14.0. The minimum Gasteiger partial charge on any atom is -0.476 e. The first-order valence-corrected chi connectivity index (χ1v) is 6.48. The van der Waals surface area contributed by atoms with Crippen molar-refractivity contribution in [2.45, 2.75) is 39.7 Å². The van der Waals surface area contributed by atoms with Gasteiger partial charge in [-0.05, 0) is 31.4 Å². The van der Waals surface area contributed by atoms with Gasteiger partial charge in [0.25, 0.3) is 0 Å². The number of carboxylic acid groups (broad SMARTS) is 1. The maximum atomic E-state index is 10.9. The van der Waals surface area contributed by atoms with Crippen LogP contribution in [0.2, 0.25) is 5.02 Å². The van der Waals surface area contributed by atoms with Gasteiger partial charge in [-0.25, -0.2) is 9.78 Å². The van der Waals surface area contributed by atoms with E-state index in [0.29, 0.717) is 11.7 Å². The summed E-state index contributed by atoms with van der Waals surface area (Å²) in [5.41, 5.74) is -0.114. The Morgan fingerprint density at radius 2 is 2.17 bits per heavy atom. The average molecular weight is 271 g/mol. The van der Waals surface area contributed by atoms with Gasteiger partial charge in [0.15, 0.2) is 5.69 Å². The van der Waals surface area contributed by atoms with Gasteiger partial charge in [-0.15, -0.1) is 0 Å². The number of carboxylic acids is 1. The van der Waals surface area contributed by atoms with Crippen LogP contribution in [0.3, 0.4) is 0 Å². The minimum atomic E-state index is -1.11. The molecule has 0 saturated heterocycles. The summed E-state index contributed by atoms with van der Waals surface area (Å²) in [7, 11) is 0. The van der Waals surface area contributed by atoms with Crippen LogP contribution in [-0.4, -0.2) is 22.1 Å². The SMILES string of the molecule is CCC(C)CC(C)Nc1ccc(Cl)c(C(=O)O)n1. The molecule has 1 aromatic heterocycles. The maximum Gasteiger partial charge on any atom is 0.356 e. The monoisotopic (exact) mass is 270 g/mol. The summed E-state index contributed by atoms with van der Waals surface area (Å²) < 4.78 is 0. The summed E-state index contributed by atoms with van der Waals surface area (Å²) in [6, 6.07) is 3.49. The van der Waals surface area contributed by atoms with Crippen LogP contribution in [0.15, 0.2) is 12.1 Å². The van der Waals surface area contributed by atoms with Crippen molar-refractivity contribution in [2.24, 2.45) is 5.92 Å². The molecule has 5 heteroatoms. The van der Waals surface area contributed by atoms with Crippen molar-refractivity contribution in [1.29, 1.82) is 0 Å². The summed E-state index contributed by atoms with van der Waals surface area (Å²) >= 11 is 5.76. The van der Waals surface area contributed by atoms with Crippen molar-refractivity contribution < 1.29 is 9.90 Å². The zero-order valence-electron chi connectivity index (χ0n) is 10.9. The van der Waals surface area contributed by atoms with Gasteiger partial charge >= 0.3 is 5.97 Å². The van der Waals surface area contributed by atoms with Gasteiger partial charge in [-0.2, -0.15) is 0 Å². The predicted octanol–water partition coefficient (Wildman–Crippen LogP) is 3.67. The molecule has 100 valence electrons. The molecule has 1 rings (SSSR count). The van der Waals surface area contributed by atoms with Gasteiger partial charge in [0, 0.05) is 6.04 Å². The number of anilines is 1. The highest BCUT2D eigenvalue weighted by molar-refractivity contribution is 6.33. The second-order valence-electron chi connectivity index (χ2n) is 4.63. The van der Waals surface area contributed by atoms with Crippen molar-refractivity contribution in [3.05, 3.63) is 22.8 Å². The van der Waals surface area contributed by atoms with E-state index in [9.17, 15) is 4.79 Å². The van der Waals surface area contributed by atoms with Crippen molar-refractivity contribution in [3.63, 3.8) is 0 Å². The molecule has 0 radical (unpaired) electrons. The molecular formula is C13H19ClN2O2. The highest BCUT2D eigenvalue weighted by Crippen LogP contribution is 2.18. The first-order chi connectivity index (χ1) is 8.43. The number of aromatic nitrogens is 1. The summed E-state index contributed by atoms with van der Waals surface area (Å²) in [6.07, 6.45) is 2.14. The molecule has 2 unspecified atom stereocenters. The number of aromatic carboxylic acids is 1. The first-order valence-electron chi connectivity index (χ1n) is 6.10. The lowest BCUT2D eigenvalue weighted by molar-refractivity contribution is 0.0691. The van der Waals surface area contributed by atoms with E-state index < -0.39 is 5.97 Å². The smallest absolute Gasteiger partial charge is 0.356 e. The quantitative estimate of drug-likeness (QED) is 0.828. The van der Waals surface area contributed by atoms with Gasteiger partial charge in [-0.1, -0.05) is 31.9 Å². The van der Waals surface area contributed by atoms with Crippen molar-refractivity contribution in [2.75, 3.05) is 5.32 Å². The topological polar surface area (TPSA) is 62.2 Å². The van der Waals surface area contributed by atoms with Crippen LogP contribution in [0.5, 0.6) is 0 Å². The van der Waals surface area contributed by atoms with E-state index in [2.05, 4.69) is 31.1 Å². The first kappa shape index (κ1) is 14.8. The Hall–Kier alpha value is -1.29. The highest BCUT2D eigenvalue weighted by atomic mass is 35.5. The Balaban J connectivity index is 2.73. The van der Waals surface area contributed by atoms with Gasteiger partial charge in [0.1, 0.15) is 5.82 Å². The van der Waals surface area contributed by atoms with E-state index in [1.807, 2.05) is 0 Å². The third kappa shape index (κ3) is 4.18. The van der Waals surface area contributed by atoms with Crippen LogP contribution < -0.4 is 5.32 Å². The number of nitrogens with one attached hydrogen (secondary N) is 1. The van der Waals surface area contributed by atoms with Crippen LogP contribution in [-0.2, 0) is 0 Å². The molecule has 0 bridgehead atoms. The summed E-state index contributed by atoms with van der Waals surface area (Å²) in [5, 5.41) is 12.3. The lowest BCUT2D eigenvalue weighted by atomic mass is 10.0. The Morgan fingerprint density at radius 1 is 1.50 bits per heavy atom. The number of carbonyl (C=O) groups is 1. The molecule has 1 heterocycles. The van der Waals surface area contributed by atoms with Crippen LogP contribution in [0.4, 0.5) is 5.82 Å². The third-order valence-corrected chi connectivity index (χ3v) is 3.20. The van der Waals surface area contributed by atoms with E-state index in [1.165, 1.54) is 0 Å². The fourth-order valence-electron chi connectivity index (χ4n) is 1.75. The summed E-state index contributed by atoms with van der Waals surface area (Å²) in [6.45, 7) is 6.40. The fourth-order valence-corrected chi connectivity index (χ4v) is 1.94. The third-order valence-electron chi connectivity index (χ3n) is 2.90. The molecule has 0 saturated carbocycles. The van der Waals surface area contributed by atoms with Gasteiger partial charge in [0.05, 0.1) is 5.02 Å². The standard InChI is InChI=1S/C13H19ClN2O2/c1-4-8(2)7-9(3)15-11-6-5-10(14)12(16-11)13(17)18/h5-6,8-9H,4,7H2,1-3H3,(H,15,16)(H,17,18). The zero-order valence-corrected chi connectivity index (χ0v) is 11.7. The molecule has 2 atom stereocenters. The van der Waals surface area contributed by atoms with E-state index >= 15 is 0 Å². The Kier molecular flexibility index (Phi) is 5.41. The van der Waals surface area contributed by atoms with Crippen LogP contribution in [0, 0.1) is 5.92 Å². The van der Waals surface area contributed by atoms with E-state index in [0.717, 1.165) is 12.8 Å². The molecule has 0 fully saturated rings. The lowest BCUT2D eigenvalue weighted by Gasteiger charge is -2.18. The van der Waals surface area contributed by atoms with E-state index in [-0.39, 0.29) is 16.8 Å². The molecule has 4 nitrogen and oxygen atoms in total. The Labute approximate surface area is 112 Å². The van der Waals surface area contributed by atoms with E-state index in [1.54, 1.807) is 12.1 Å². The molecule has 0 aromatic carbocycles. The second kappa shape index (κ2) is 6.59. The van der Waals surface area contributed by atoms with Gasteiger partial charge in [0.2, 0.25) is 0 Å². The molecule has 2 N–H and O–H groups in total. The van der Waals surface area contributed by atoms with Crippen molar-refractivity contribution >= 4 is 23.4 Å². The second-order valence-corrected chi connectivity index (χ2v) is 5.03. The molecule has 0 aliphatic rings. The lowest BCUT2D eigenvalue weighted by Crippen LogP contribution is -2.19. The number of rotatable bonds is 6.